The molecule has 0 aromatic rings. The summed E-state index contributed by atoms with van der Waals surface area (Å²) in [5.41, 5.74) is 0.107. The highest BCUT2D eigenvalue weighted by molar-refractivity contribution is 9.10. The van der Waals surface area contributed by atoms with Crippen molar-refractivity contribution in [3.63, 3.8) is 0 Å². The summed E-state index contributed by atoms with van der Waals surface area (Å²) in [6.45, 7) is 6.28. The first kappa shape index (κ1) is 7.77. The molecule has 1 N–H and O–H groups in total. The molecule has 1 aliphatic carbocycles. The Morgan fingerprint density at radius 3 is 2.55 bits per heavy atom. The average molecular weight is 219 g/mol. The maximum Gasteiger partial charge on any atom is 0.201 e. The predicted octanol–water partition coefficient (Wildman–Crippen LogP) is 1.43. The fraction of sp³-hybridized carbons (Fsp3) is 0.750. The van der Waals surface area contributed by atoms with Gasteiger partial charge in [-0.05, 0) is 12.5 Å². The molecule has 0 unspecified atom stereocenters. The Morgan fingerprint density at radius 2 is 2.36 bits per heavy atom. The molecular formula is C8H11BrO2. The van der Waals surface area contributed by atoms with E-state index in [0.717, 1.165) is 6.42 Å². The maximum atomic E-state index is 9.85. The van der Waals surface area contributed by atoms with Crippen molar-refractivity contribution >= 4 is 15.9 Å². The third-order valence-corrected chi connectivity index (χ3v) is 4.73. The molecule has 0 amide bonds. The van der Waals surface area contributed by atoms with Gasteiger partial charge in [-0.25, -0.2) is 0 Å². The van der Waals surface area contributed by atoms with Gasteiger partial charge in [-0.1, -0.05) is 29.4 Å². The lowest BCUT2D eigenvalue weighted by Gasteiger charge is -2.24. The van der Waals surface area contributed by atoms with Crippen molar-refractivity contribution in [3.05, 3.63) is 12.7 Å². The fourth-order valence-electron chi connectivity index (χ4n) is 1.82. The second-order valence-corrected chi connectivity index (χ2v) is 5.08. The highest BCUT2D eigenvalue weighted by Gasteiger charge is 2.77. The van der Waals surface area contributed by atoms with Crippen molar-refractivity contribution < 1.29 is 9.84 Å². The highest BCUT2D eigenvalue weighted by atomic mass is 79.9. The highest BCUT2D eigenvalue weighted by Crippen LogP contribution is 2.71. The van der Waals surface area contributed by atoms with Crippen LogP contribution in [0.15, 0.2) is 12.7 Å². The predicted molar refractivity (Wildman–Crippen MR) is 45.5 cm³/mol. The fourth-order valence-corrected chi connectivity index (χ4v) is 2.83. The third kappa shape index (κ3) is 0.650. The monoisotopic (exact) mass is 218 g/mol. The number of aliphatic hydroxyl groups is 1. The third-order valence-electron chi connectivity index (χ3n) is 2.92. The molecule has 1 heterocycles. The van der Waals surface area contributed by atoms with Gasteiger partial charge in [0, 0.05) is 5.41 Å². The van der Waals surface area contributed by atoms with Crippen molar-refractivity contribution in [2.24, 2.45) is 5.41 Å². The van der Waals surface area contributed by atoms with Gasteiger partial charge in [0.1, 0.15) is 0 Å². The zero-order valence-corrected chi connectivity index (χ0v) is 8.02. The van der Waals surface area contributed by atoms with E-state index in [9.17, 15) is 5.11 Å². The Morgan fingerprint density at radius 1 is 1.73 bits per heavy atom. The van der Waals surface area contributed by atoms with Crippen LogP contribution in [0.3, 0.4) is 0 Å². The van der Waals surface area contributed by atoms with Gasteiger partial charge in [0.05, 0.1) is 10.9 Å². The molecule has 11 heavy (non-hydrogen) atoms. The van der Waals surface area contributed by atoms with Crippen molar-refractivity contribution in [2.45, 2.75) is 23.5 Å². The summed E-state index contributed by atoms with van der Waals surface area (Å²) in [6, 6.07) is 0. The van der Waals surface area contributed by atoms with Gasteiger partial charge in [0.15, 0.2) is 0 Å². The summed E-state index contributed by atoms with van der Waals surface area (Å²) in [7, 11) is 0. The lowest BCUT2D eigenvalue weighted by Crippen LogP contribution is -2.37. The van der Waals surface area contributed by atoms with E-state index in [4.69, 9.17) is 4.74 Å². The molecule has 1 saturated heterocycles. The van der Waals surface area contributed by atoms with Crippen LogP contribution < -0.4 is 0 Å². The molecule has 0 bridgehead atoms. The molecule has 3 heteroatoms. The molecule has 2 fully saturated rings. The lowest BCUT2D eigenvalue weighted by atomic mass is 10.1. The van der Waals surface area contributed by atoms with Crippen LogP contribution in [0, 0.1) is 5.41 Å². The van der Waals surface area contributed by atoms with E-state index in [1.165, 1.54) is 6.08 Å². The second kappa shape index (κ2) is 1.73. The maximum absolute atomic E-state index is 9.85. The topological polar surface area (TPSA) is 29.5 Å². The van der Waals surface area contributed by atoms with E-state index in [0.29, 0.717) is 6.61 Å². The van der Waals surface area contributed by atoms with Crippen LogP contribution in [-0.4, -0.2) is 21.8 Å². The molecular weight excluding hydrogens is 208 g/mol. The van der Waals surface area contributed by atoms with Gasteiger partial charge < -0.3 is 9.84 Å². The van der Waals surface area contributed by atoms with E-state index in [1.54, 1.807) is 0 Å². The van der Waals surface area contributed by atoms with Crippen molar-refractivity contribution in [1.82, 2.24) is 0 Å². The van der Waals surface area contributed by atoms with Gasteiger partial charge in [0.25, 0.3) is 0 Å². The lowest BCUT2D eigenvalue weighted by molar-refractivity contribution is -0.145. The van der Waals surface area contributed by atoms with Crippen LogP contribution in [0.4, 0.5) is 0 Å². The summed E-state index contributed by atoms with van der Waals surface area (Å²) < 4.78 is 4.98. The van der Waals surface area contributed by atoms with Gasteiger partial charge >= 0.3 is 0 Å². The van der Waals surface area contributed by atoms with E-state index in [1.807, 2.05) is 0 Å². The zero-order valence-electron chi connectivity index (χ0n) is 6.43. The summed E-state index contributed by atoms with van der Waals surface area (Å²) in [4.78, 5) is 0. The van der Waals surface area contributed by atoms with Crippen LogP contribution in [0.25, 0.3) is 0 Å². The zero-order chi connectivity index (χ0) is 8.33. The van der Waals surface area contributed by atoms with Gasteiger partial charge in [-0.2, -0.15) is 0 Å². The van der Waals surface area contributed by atoms with Gasteiger partial charge in [-0.15, -0.1) is 0 Å². The Balaban J connectivity index is 2.37. The van der Waals surface area contributed by atoms with E-state index < -0.39 is 5.79 Å². The quantitative estimate of drug-likeness (QED) is 0.534. The molecule has 0 radical (unpaired) electrons. The Hall–Kier alpha value is 0.140. The number of ether oxygens (including phenoxy) is 1. The number of rotatable bonds is 1. The molecule has 2 aliphatic rings. The minimum atomic E-state index is -1.15. The average Bonchev–Trinajstić information content (AvgIpc) is 2.46. The summed E-state index contributed by atoms with van der Waals surface area (Å²) >= 11 is 3.51. The van der Waals surface area contributed by atoms with E-state index in [2.05, 4.69) is 29.4 Å². The first-order chi connectivity index (χ1) is 4.97. The Bertz CT molecular complexity index is 226. The number of hydrogen-bond acceptors (Lipinski definition) is 2. The van der Waals surface area contributed by atoms with Crippen molar-refractivity contribution in [1.29, 1.82) is 0 Å². The summed E-state index contributed by atoms with van der Waals surface area (Å²) in [5, 5.41) is 9.85. The number of halogens is 1. The molecule has 0 spiro atoms. The summed E-state index contributed by atoms with van der Waals surface area (Å²) in [5.74, 6) is -1.15. The molecule has 0 aromatic heterocycles. The minimum Gasteiger partial charge on any atom is -0.361 e. The van der Waals surface area contributed by atoms with Gasteiger partial charge in [-0.3, -0.25) is 0 Å². The molecule has 0 aromatic carbocycles. The number of alkyl halides is 1. The van der Waals surface area contributed by atoms with Crippen LogP contribution in [0.5, 0.6) is 0 Å². The van der Waals surface area contributed by atoms with Crippen LogP contribution >= 0.6 is 15.9 Å². The van der Waals surface area contributed by atoms with Crippen molar-refractivity contribution in [3.8, 4) is 0 Å². The molecule has 62 valence electrons. The van der Waals surface area contributed by atoms with E-state index in [-0.39, 0.29) is 9.74 Å². The first-order valence-corrected chi connectivity index (χ1v) is 4.46. The Labute approximate surface area is 74.4 Å². The normalized spacial score (nSPS) is 60.6. The van der Waals surface area contributed by atoms with Gasteiger partial charge in [0.2, 0.25) is 5.79 Å². The van der Waals surface area contributed by atoms with Crippen molar-refractivity contribution in [2.75, 3.05) is 6.61 Å². The van der Waals surface area contributed by atoms with Crippen LogP contribution in [0.2, 0.25) is 0 Å². The summed E-state index contributed by atoms with van der Waals surface area (Å²) in [6.07, 6.45) is 2.43. The second-order valence-electron chi connectivity index (χ2n) is 3.73. The van der Waals surface area contributed by atoms with E-state index >= 15 is 0 Å². The van der Waals surface area contributed by atoms with Crippen LogP contribution in [0.1, 0.15) is 13.3 Å². The first-order valence-electron chi connectivity index (χ1n) is 3.66. The smallest absolute Gasteiger partial charge is 0.201 e. The molecule has 3 atom stereocenters. The SMILES string of the molecule is C=C[C@]1(O)OC[C@]2(C)C[C@@]21Br. The molecule has 2 nitrogen and oxygen atoms in total. The molecule has 1 saturated carbocycles. The standard InChI is InChI=1S/C8H11BrO2/c1-3-8(10)7(9)4-6(7,2)5-11-8/h3,10H,1,4-5H2,2H3/t6-,7+,8-/m0/s1. The number of fused-ring (bicyclic) bond motifs is 1. The molecule has 1 aliphatic heterocycles. The Kier molecular flexibility index (Phi) is 1.22. The minimum absolute atomic E-state index is 0.107. The molecule has 2 rings (SSSR count). The van der Waals surface area contributed by atoms with Crippen LogP contribution in [-0.2, 0) is 4.74 Å². The largest absolute Gasteiger partial charge is 0.361 e. The number of hydrogen-bond donors (Lipinski definition) is 1.